The van der Waals surface area contributed by atoms with Gasteiger partial charge in [0.1, 0.15) is 29.8 Å². The van der Waals surface area contributed by atoms with Crippen molar-refractivity contribution in [1.82, 2.24) is 25.5 Å². The second-order valence-corrected chi connectivity index (χ2v) is 6.91. The topological polar surface area (TPSA) is 96.5 Å². The van der Waals surface area contributed by atoms with E-state index in [4.69, 9.17) is 18.6 Å². The molecule has 3 aromatic rings. The molecule has 0 aliphatic carbocycles. The Kier molecular flexibility index (Phi) is 4.55. The van der Waals surface area contributed by atoms with Crippen molar-refractivity contribution in [3.63, 3.8) is 0 Å². The SMILES string of the molecule is COc1cccc(-c2nnnn2[C@H]2CO[C@H]3[C@@H]2OC[C@@H]3NCc2ccco2)c1. The molecular formula is C19H21N5O4. The molecule has 2 aliphatic heterocycles. The van der Waals surface area contributed by atoms with E-state index >= 15 is 0 Å². The van der Waals surface area contributed by atoms with Gasteiger partial charge < -0.3 is 23.9 Å². The first-order valence-electron chi connectivity index (χ1n) is 9.25. The highest BCUT2D eigenvalue weighted by atomic mass is 16.6. The van der Waals surface area contributed by atoms with Crippen LogP contribution in [0.3, 0.4) is 0 Å². The highest BCUT2D eigenvalue weighted by Crippen LogP contribution is 2.36. The van der Waals surface area contributed by atoms with Crippen LogP contribution in [-0.2, 0) is 16.0 Å². The Morgan fingerprint density at radius 1 is 1.18 bits per heavy atom. The maximum Gasteiger partial charge on any atom is 0.182 e. The lowest BCUT2D eigenvalue weighted by molar-refractivity contribution is 0.0621. The zero-order chi connectivity index (χ0) is 18.9. The van der Waals surface area contributed by atoms with Gasteiger partial charge >= 0.3 is 0 Å². The molecule has 2 fully saturated rings. The van der Waals surface area contributed by atoms with Gasteiger partial charge in [0.2, 0.25) is 0 Å². The molecule has 0 unspecified atom stereocenters. The van der Waals surface area contributed by atoms with Gasteiger partial charge in [0, 0.05) is 5.56 Å². The van der Waals surface area contributed by atoms with Crippen LogP contribution in [0.25, 0.3) is 11.4 Å². The van der Waals surface area contributed by atoms with Crippen LogP contribution in [0.5, 0.6) is 5.75 Å². The molecule has 0 spiro atoms. The van der Waals surface area contributed by atoms with Crippen LogP contribution in [0.4, 0.5) is 0 Å². The van der Waals surface area contributed by atoms with Crippen molar-refractivity contribution in [3.8, 4) is 17.1 Å². The minimum Gasteiger partial charge on any atom is -0.497 e. The Labute approximate surface area is 161 Å². The predicted molar refractivity (Wildman–Crippen MR) is 97.7 cm³/mol. The first kappa shape index (κ1) is 17.4. The molecule has 0 bridgehead atoms. The standard InChI is InChI=1S/C19H21N5O4/c1-25-13-5-2-4-12(8-13)19-21-22-23-24(19)16-11-28-17-15(10-27-18(16)17)20-9-14-6-3-7-26-14/h2-8,15-18,20H,9-11H2,1H3/t15-,16-,17+,18+/m0/s1. The number of hydrogen-bond acceptors (Lipinski definition) is 8. The van der Waals surface area contributed by atoms with E-state index in [0.717, 1.165) is 17.1 Å². The number of nitrogens with one attached hydrogen (secondary N) is 1. The van der Waals surface area contributed by atoms with Gasteiger partial charge in [-0.1, -0.05) is 12.1 Å². The normalized spacial score (nSPS) is 26.5. The van der Waals surface area contributed by atoms with Crippen LogP contribution >= 0.6 is 0 Å². The van der Waals surface area contributed by atoms with Crippen molar-refractivity contribution in [3.05, 3.63) is 48.4 Å². The summed E-state index contributed by atoms with van der Waals surface area (Å²) in [4.78, 5) is 0. The molecule has 5 rings (SSSR count). The number of tetrazole rings is 1. The van der Waals surface area contributed by atoms with Gasteiger partial charge in [-0.05, 0) is 34.7 Å². The van der Waals surface area contributed by atoms with Crippen LogP contribution in [0, 0.1) is 0 Å². The molecule has 0 radical (unpaired) electrons. The Morgan fingerprint density at radius 2 is 2.11 bits per heavy atom. The van der Waals surface area contributed by atoms with E-state index in [9.17, 15) is 0 Å². The average Bonchev–Trinajstić information content (AvgIpc) is 3.51. The Bertz CT molecular complexity index is 928. The minimum absolute atomic E-state index is 0.0534. The average molecular weight is 383 g/mol. The maximum absolute atomic E-state index is 6.07. The molecule has 1 N–H and O–H groups in total. The molecule has 9 nitrogen and oxygen atoms in total. The maximum atomic E-state index is 6.07. The molecule has 0 saturated carbocycles. The number of furan rings is 1. The van der Waals surface area contributed by atoms with E-state index in [0.29, 0.717) is 25.6 Å². The zero-order valence-corrected chi connectivity index (χ0v) is 15.4. The van der Waals surface area contributed by atoms with Gasteiger partial charge in [-0.2, -0.15) is 0 Å². The van der Waals surface area contributed by atoms with Crippen molar-refractivity contribution in [2.24, 2.45) is 0 Å². The number of nitrogens with zero attached hydrogens (tertiary/aromatic N) is 4. The van der Waals surface area contributed by atoms with Gasteiger partial charge in [0.05, 0.1) is 39.2 Å². The highest BCUT2D eigenvalue weighted by molar-refractivity contribution is 5.57. The summed E-state index contributed by atoms with van der Waals surface area (Å²) in [5.74, 6) is 2.31. The molecule has 4 heterocycles. The summed E-state index contributed by atoms with van der Waals surface area (Å²) >= 11 is 0. The second kappa shape index (κ2) is 7.34. The van der Waals surface area contributed by atoms with Crippen LogP contribution in [0.15, 0.2) is 47.1 Å². The van der Waals surface area contributed by atoms with Crippen LogP contribution in [-0.4, -0.2) is 58.8 Å². The summed E-state index contributed by atoms with van der Waals surface area (Å²) in [6, 6.07) is 11.5. The molecule has 1 aromatic carbocycles. The molecule has 28 heavy (non-hydrogen) atoms. The Hall–Kier alpha value is -2.75. The van der Waals surface area contributed by atoms with E-state index in [1.807, 2.05) is 36.4 Å². The summed E-state index contributed by atoms with van der Waals surface area (Å²) in [7, 11) is 1.64. The van der Waals surface area contributed by atoms with Crippen LogP contribution in [0.1, 0.15) is 11.8 Å². The molecular weight excluding hydrogens is 362 g/mol. The van der Waals surface area contributed by atoms with E-state index in [2.05, 4.69) is 20.8 Å². The van der Waals surface area contributed by atoms with Crippen LogP contribution in [0.2, 0.25) is 0 Å². The summed E-state index contributed by atoms with van der Waals surface area (Å²) < 4.78 is 24.6. The summed E-state index contributed by atoms with van der Waals surface area (Å²) in [5, 5.41) is 15.8. The zero-order valence-electron chi connectivity index (χ0n) is 15.4. The third-order valence-corrected chi connectivity index (χ3v) is 5.28. The molecule has 2 saturated heterocycles. The van der Waals surface area contributed by atoms with Crippen molar-refractivity contribution >= 4 is 0 Å². The molecule has 4 atom stereocenters. The molecule has 2 aromatic heterocycles. The van der Waals surface area contributed by atoms with Crippen molar-refractivity contribution < 1.29 is 18.6 Å². The smallest absolute Gasteiger partial charge is 0.182 e. The number of rotatable bonds is 6. The molecule has 2 aliphatic rings. The molecule has 9 heteroatoms. The number of ether oxygens (including phenoxy) is 3. The number of aromatic nitrogens is 4. The Balaban J connectivity index is 1.33. The van der Waals surface area contributed by atoms with Crippen molar-refractivity contribution in [2.75, 3.05) is 20.3 Å². The lowest BCUT2D eigenvalue weighted by atomic mass is 10.1. The predicted octanol–water partition coefficient (Wildman–Crippen LogP) is 1.44. The first-order valence-corrected chi connectivity index (χ1v) is 9.25. The van der Waals surface area contributed by atoms with Gasteiger partial charge in [0.25, 0.3) is 0 Å². The fourth-order valence-electron chi connectivity index (χ4n) is 3.88. The summed E-state index contributed by atoms with van der Waals surface area (Å²) in [5.41, 5.74) is 0.887. The number of benzene rings is 1. The minimum atomic E-state index is -0.109. The van der Waals surface area contributed by atoms with E-state index < -0.39 is 0 Å². The quantitative estimate of drug-likeness (QED) is 0.683. The summed E-state index contributed by atoms with van der Waals surface area (Å²) in [6.45, 7) is 1.71. The first-order chi connectivity index (χ1) is 13.8. The van der Waals surface area contributed by atoms with E-state index in [1.165, 1.54) is 0 Å². The largest absolute Gasteiger partial charge is 0.497 e. The van der Waals surface area contributed by atoms with Gasteiger partial charge in [-0.15, -0.1) is 5.10 Å². The summed E-state index contributed by atoms with van der Waals surface area (Å²) in [6.07, 6.45) is 1.51. The molecule has 0 amide bonds. The third-order valence-electron chi connectivity index (χ3n) is 5.28. The Morgan fingerprint density at radius 3 is 2.96 bits per heavy atom. The van der Waals surface area contributed by atoms with Gasteiger partial charge in [-0.25, -0.2) is 4.68 Å². The monoisotopic (exact) mass is 383 g/mol. The second-order valence-electron chi connectivity index (χ2n) is 6.91. The number of hydrogen-bond donors (Lipinski definition) is 1. The number of methoxy groups -OCH3 is 1. The van der Waals surface area contributed by atoms with Gasteiger partial charge in [0.15, 0.2) is 5.82 Å². The van der Waals surface area contributed by atoms with Crippen molar-refractivity contribution in [1.29, 1.82) is 0 Å². The lowest BCUT2D eigenvalue weighted by Gasteiger charge is -2.18. The number of fused-ring (bicyclic) bond motifs is 1. The van der Waals surface area contributed by atoms with E-state index in [-0.39, 0.29) is 24.3 Å². The molecule has 146 valence electrons. The van der Waals surface area contributed by atoms with E-state index in [1.54, 1.807) is 18.1 Å². The third kappa shape index (κ3) is 3.07. The van der Waals surface area contributed by atoms with Crippen molar-refractivity contribution in [2.45, 2.75) is 30.8 Å². The highest BCUT2D eigenvalue weighted by Gasteiger charge is 2.49. The lowest BCUT2D eigenvalue weighted by Crippen LogP contribution is -2.40. The van der Waals surface area contributed by atoms with Gasteiger partial charge in [-0.3, -0.25) is 0 Å². The fourth-order valence-corrected chi connectivity index (χ4v) is 3.88. The van der Waals surface area contributed by atoms with Crippen LogP contribution < -0.4 is 10.1 Å². The fraction of sp³-hybridized carbons (Fsp3) is 0.421.